The van der Waals surface area contributed by atoms with Crippen LogP contribution in [0.3, 0.4) is 0 Å². The van der Waals surface area contributed by atoms with E-state index in [1.807, 2.05) is 13.1 Å². The van der Waals surface area contributed by atoms with Crippen LogP contribution < -0.4 is 10.2 Å². The number of nitrogens with one attached hydrogen (secondary N) is 1. The Labute approximate surface area is 78.0 Å². The van der Waals surface area contributed by atoms with Gasteiger partial charge in [-0.1, -0.05) is 0 Å². The third-order valence-corrected chi connectivity index (χ3v) is 2.34. The van der Waals surface area contributed by atoms with Gasteiger partial charge < -0.3 is 15.3 Å². The Hall–Kier alpha value is -1.38. The molecule has 1 heterocycles. The first-order valence-corrected chi connectivity index (χ1v) is 4.47. The van der Waals surface area contributed by atoms with Crippen molar-refractivity contribution in [2.75, 3.05) is 23.8 Å². The van der Waals surface area contributed by atoms with Crippen molar-refractivity contribution in [3.05, 3.63) is 18.2 Å². The van der Waals surface area contributed by atoms with Gasteiger partial charge in [-0.05, 0) is 19.1 Å². The van der Waals surface area contributed by atoms with Gasteiger partial charge in [-0.3, -0.25) is 0 Å². The normalized spacial score (nSPS) is 20.8. The minimum absolute atomic E-state index is 0.321. The summed E-state index contributed by atoms with van der Waals surface area (Å²) in [5.74, 6) is 0.321. The number of aromatic hydroxyl groups is 1. The first-order chi connectivity index (χ1) is 6.16. The number of nitrogens with zero attached hydrogens (tertiary/aromatic N) is 1. The molecule has 70 valence electrons. The number of fused-ring (bicyclic) bond motifs is 1. The van der Waals surface area contributed by atoms with E-state index in [1.165, 1.54) is 0 Å². The summed E-state index contributed by atoms with van der Waals surface area (Å²) in [5, 5.41) is 12.7. The van der Waals surface area contributed by atoms with Gasteiger partial charge in [0.15, 0.2) is 0 Å². The minimum atomic E-state index is 0.321. The fourth-order valence-electron chi connectivity index (χ4n) is 1.78. The van der Waals surface area contributed by atoms with Crippen LogP contribution in [-0.4, -0.2) is 24.7 Å². The lowest BCUT2D eigenvalue weighted by molar-refractivity contribution is 0.475. The Bertz CT molecular complexity index is 325. The molecule has 0 aromatic heterocycles. The molecule has 1 aromatic carbocycles. The number of hydrogen-bond donors (Lipinski definition) is 2. The van der Waals surface area contributed by atoms with E-state index in [0.29, 0.717) is 11.8 Å². The van der Waals surface area contributed by atoms with Crippen molar-refractivity contribution in [1.29, 1.82) is 0 Å². The van der Waals surface area contributed by atoms with Gasteiger partial charge in [-0.15, -0.1) is 0 Å². The summed E-state index contributed by atoms with van der Waals surface area (Å²) >= 11 is 0. The van der Waals surface area contributed by atoms with Crippen molar-refractivity contribution >= 4 is 11.4 Å². The lowest BCUT2D eigenvalue weighted by Crippen LogP contribution is -2.37. The Kier molecular flexibility index (Phi) is 1.79. The molecule has 13 heavy (non-hydrogen) atoms. The second-order valence-electron chi connectivity index (χ2n) is 3.63. The summed E-state index contributed by atoms with van der Waals surface area (Å²) in [4.78, 5) is 2.15. The maximum atomic E-state index is 9.32. The first-order valence-electron chi connectivity index (χ1n) is 4.47. The standard InChI is InChI=1S/C10H14N2O/c1-7-6-12(2)10-5-8(13)3-4-9(10)11-7/h3-5,7,11,13H,6H2,1-2H3. The topological polar surface area (TPSA) is 35.5 Å². The van der Waals surface area contributed by atoms with Gasteiger partial charge in [-0.2, -0.15) is 0 Å². The van der Waals surface area contributed by atoms with Crippen LogP contribution in [0, 0.1) is 0 Å². The molecule has 0 radical (unpaired) electrons. The molecule has 0 fully saturated rings. The van der Waals surface area contributed by atoms with Gasteiger partial charge in [0, 0.05) is 25.7 Å². The molecule has 0 aliphatic carbocycles. The van der Waals surface area contributed by atoms with Gasteiger partial charge in [-0.25, -0.2) is 0 Å². The first kappa shape index (κ1) is 8.23. The molecule has 0 saturated heterocycles. The zero-order valence-corrected chi connectivity index (χ0v) is 7.91. The predicted molar refractivity (Wildman–Crippen MR) is 54.5 cm³/mol. The molecule has 3 nitrogen and oxygen atoms in total. The SMILES string of the molecule is CC1CN(C)c2cc(O)ccc2N1. The fourth-order valence-corrected chi connectivity index (χ4v) is 1.78. The highest BCUT2D eigenvalue weighted by Crippen LogP contribution is 2.32. The Morgan fingerprint density at radius 3 is 3.08 bits per heavy atom. The Morgan fingerprint density at radius 1 is 1.54 bits per heavy atom. The van der Waals surface area contributed by atoms with E-state index in [0.717, 1.165) is 17.9 Å². The molecular formula is C10H14N2O. The molecule has 2 N–H and O–H groups in total. The Morgan fingerprint density at radius 2 is 2.31 bits per heavy atom. The van der Waals surface area contributed by atoms with E-state index in [1.54, 1.807) is 12.1 Å². The van der Waals surface area contributed by atoms with Crippen molar-refractivity contribution in [2.45, 2.75) is 13.0 Å². The van der Waals surface area contributed by atoms with E-state index in [4.69, 9.17) is 0 Å². The van der Waals surface area contributed by atoms with Crippen molar-refractivity contribution < 1.29 is 5.11 Å². The number of benzene rings is 1. The lowest BCUT2D eigenvalue weighted by atomic mass is 10.1. The van der Waals surface area contributed by atoms with Crippen LogP contribution in [0.15, 0.2) is 18.2 Å². The van der Waals surface area contributed by atoms with E-state index in [2.05, 4.69) is 17.1 Å². The summed E-state index contributed by atoms with van der Waals surface area (Å²) < 4.78 is 0. The van der Waals surface area contributed by atoms with Crippen LogP contribution in [0.4, 0.5) is 11.4 Å². The van der Waals surface area contributed by atoms with Gasteiger partial charge in [0.1, 0.15) is 5.75 Å². The summed E-state index contributed by atoms with van der Waals surface area (Å²) in [5.41, 5.74) is 2.16. The third-order valence-electron chi connectivity index (χ3n) is 2.34. The minimum Gasteiger partial charge on any atom is -0.508 e. The molecule has 2 rings (SSSR count). The van der Waals surface area contributed by atoms with E-state index < -0.39 is 0 Å². The molecular weight excluding hydrogens is 164 g/mol. The average Bonchev–Trinajstić information content (AvgIpc) is 2.06. The van der Waals surface area contributed by atoms with Crippen LogP contribution in [0.2, 0.25) is 0 Å². The smallest absolute Gasteiger partial charge is 0.117 e. The molecule has 0 saturated carbocycles. The van der Waals surface area contributed by atoms with Crippen molar-refractivity contribution in [3.63, 3.8) is 0 Å². The molecule has 0 bridgehead atoms. The fraction of sp³-hybridized carbons (Fsp3) is 0.400. The zero-order chi connectivity index (χ0) is 9.42. The highest BCUT2D eigenvalue weighted by atomic mass is 16.3. The maximum absolute atomic E-state index is 9.32. The molecule has 1 unspecified atom stereocenters. The van der Waals surface area contributed by atoms with E-state index in [9.17, 15) is 5.11 Å². The van der Waals surface area contributed by atoms with Gasteiger partial charge in [0.2, 0.25) is 0 Å². The molecule has 1 atom stereocenters. The number of anilines is 2. The third kappa shape index (κ3) is 1.41. The second kappa shape index (κ2) is 2.83. The van der Waals surface area contributed by atoms with E-state index >= 15 is 0 Å². The van der Waals surface area contributed by atoms with Gasteiger partial charge in [0.05, 0.1) is 11.4 Å². The average molecular weight is 178 g/mol. The predicted octanol–water partition coefficient (Wildman–Crippen LogP) is 1.64. The molecule has 0 amide bonds. The van der Waals surface area contributed by atoms with Gasteiger partial charge >= 0.3 is 0 Å². The van der Waals surface area contributed by atoms with Gasteiger partial charge in [0.25, 0.3) is 0 Å². The van der Waals surface area contributed by atoms with Crippen LogP contribution in [0.5, 0.6) is 5.75 Å². The van der Waals surface area contributed by atoms with Crippen molar-refractivity contribution in [2.24, 2.45) is 0 Å². The lowest BCUT2D eigenvalue weighted by Gasteiger charge is -2.33. The van der Waals surface area contributed by atoms with Crippen molar-refractivity contribution in [3.8, 4) is 5.75 Å². The number of phenols is 1. The highest BCUT2D eigenvalue weighted by Gasteiger charge is 2.17. The second-order valence-corrected chi connectivity index (χ2v) is 3.63. The molecule has 3 heteroatoms. The van der Waals surface area contributed by atoms with E-state index in [-0.39, 0.29) is 0 Å². The number of phenolic OH excluding ortho intramolecular Hbond substituents is 1. The molecule has 1 aromatic rings. The zero-order valence-electron chi connectivity index (χ0n) is 7.91. The number of likely N-dealkylation sites (N-methyl/N-ethyl adjacent to an activating group) is 1. The quantitative estimate of drug-likeness (QED) is 0.593. The van der Waals surface area contributed by atoms with Crippen LogP contribution >= 0.6 is 0 Å². The summed E-state index contributed by atoms with van der Waals surface area (Å²) in [6.07, 6.45) is 0. The largest absolute Gasteiger partial charge is 0.508 e. The molecule has 1 aliphatic rings. The Balaban J connectivity index is 2.43. The number of hydrogen-bond acceptors (Lipinski definition) is 3. The summed E-state index contributed by atoms with van der Waals surface area (Å²) in [6, 6.07) is 5.87. The highest BCUT2D eigenvalue weighted by molar-refractivity contribution is 5.73. The monoisotopic (exact) mass is 178 g/mol. The molecule has 0 spiro atoms. The summed E-state index contributed by atoms with van der Waals surface area (Å²) in [7, 11) is 2.04. The van der Waals surface area contributed by atoms with Crippen LogP contribution in [0.1, 0.15) is 6.92 Å². The van der Waals surface area contributed by atoms with Crippen molar-refractivity contribution in [1.82, 2.24) is 0 Å². The number of rotatable bonds is 0. The van der Waals surface area contributed by atoms with Crippen LogP contribution in [-0.2, 0) is 0 Å². The maximum Gasteiger partial charge on any atom is 0.117 e. The summed E-state index contributed by atoms with van der Waals surface area (Å²) in [6.45, 7) is 3.11. The molecule has 1 aliphatic heterocycles. The van der Waals surface area contributed by atoms with Crippen LogP contribution in [0.25, 0.3) is 0 Å².